The smallest absolute Gasteiger partial charge is 0.340 e. The van der Waals surface area contributed by atoms with Gasteiger partial charge in [-0.2, -0.15) is 0 Å². The number of amides is 1. The molecule has 0 heterocycles. The maximum atomic E-state index is 13.5. The molecule has 0 spiro atoms. The van der Waals surface area contributed by atoms with Gasteiger partial charge in [-0.25, -0.2) is 9.18 Å². The van der Waals surface area contributed by atoms with Gasteiger partial charge in [-0.3, -0.25) is 4.79 Å². The predicted molar refractivity (Wildman–Crippen MR) is 86.3 cm³/mol. The third-order valence-corrected chi connectivity index (χ3v) is 3.19. The molecule has 120 valence electrons. The molecule has 2 rings (SSSR count). The number of ether oxygens (including phenoxy) is 1. The molecule has 7 heteroatoms. The summed E-state index contributed by atoms with van der Waals surface area (Å²) < 4.78 is 18.4. The summed E-state index contributed by atoms with van der Waals surface area (Å²) in [4.78, 5) is 23.7. The van der Waals surface area contributed by atoms with E-state index >= 15 is 0 Å². The van der Waals surface area contributed by atoms with E-state index in [1.807, 2.05) is 0 Å². The second-order valence-electron chi connectivity index (χ2n) is 4.54. The van der Waals surface area contributed by atoms with Gasteiger partial charge in [0.25, 0.3) is 5.91 Å². The molecule has 2 aromatic rings. The van der Waals surface area contributed by atoms with Gasteiger partial charge >= 0.3 is 5.97 Å². The Balaban J connectivity index is 1.96. The van der Waals surface area contributed by atoms with Crippen LogP contribution in [0.3, 0.4) is 0 Å². The summed E-state index contributed by atoms with van der Waals surface area (Å²) in [6, 6.07) is 10.5. The topological polar surface area (TPSA) is 67.4 Å². The van der Waals surface area contributed by atoms with Gasteiger partial charge in [-0.15, -0.1) is 0 Å². The van der Waals surface area contributed by atoms with Gasteiger partial charge < -0.3 is 15.4 Å². The molecule has 2 aromatic carbocycles. The highest BCUT2D eigenvalue weighted by Crippen LogP contribution is 2.19. The van der Waals surface area contributed by atoms with Gasteiger partial charge in [0.1, 0.15) is 5.82 Å². The van der Waals surface area contributed by atoms with E-state index in [0.29, 0.717) is 11.3 Å². The fourth-order valence-corrected chi connectivity index (χ4v) is 2.04. The predicted octanol–water partition coefficient (Wildman–Crippen LogP) is 3.32. The molecule has 0 unspecified atom stereocenters. The van der Waals surface area contributed by atoms with Crippen LogP contribution in [0.2, 0.25) is 5.02 Å². The van der Waals surface area contributed by atoms with Crippen molar-refractivity contribution >= 4 is 34.9 Å². The Morgan fingerprint density at radius 1 is 1.17 bits per heavy atom. The highest BCUT2D eigenvalue weighted by molar-refractivity contribution is 6.30. The molecule has 0 aliphatic heterocycles. The zero-order chi connectivity index (χ0) is 16.8. The number of benzene rings is 2. The number of esters is 1. The number of carbonyl (C=O) groups excluding carboxylic acids is 2. The lowest BCUT2D eigenvalue weighted by molar-refractivity contribution is -0.119. The number of hydrogen-bond acceptors (Lipinski definition) is 4. The van der Waals surface area contributed by atoms with Gasteiger partial charge in [0.15, 0.2) is 6.61 Å². The van der Waals surface area contributed by atoms with Crippen molar-refractivity contribution in [1.29, 1.82) is 0 Å². The Hall–Kier alpha value is -2.60. The minimum Gasteiger partial charge on any atom is -0.452 e. The largest absolute Gasteiger partial charge is 0.452 e. The molecule has 0 fully saturated rings. The number of anilines is 2. The number of carbonyl (C=O) groups is 2. The summed E-state index contributed by atoms with van der Waals surface area (Å²) in [5, 5.41) is 5.43. The molecule has 0 atom stereocenters. The number of nitrogens with one attached hydrogen (secondary N) is 2. The van der Waals surface area contributed by atoms with Gasteiger partial charge in [-0.05, 0) is 30.3 Å². The molecule has 0 bridgehead atoms. The van der Waals surface area contributed by atoms with Gasteiger partial charge in [0.05, 0.1) is 11.3 Å². The molecule has 0 aliphatic carbocycles. The number of hydrogen-bond donors (Lipinski definition) is 2. The van der Waals surface area contributed by atoms with Crippen LogP contribution in [0.25, 0.3) is 0 Å². The summed E-state index contributed by atoms with van der Waals surface area (Å²) in [5.41, 5.74) is 0.810. The van der Waals surface area contributed by atoms with Crippen molar-refractivity contribution < 1.29 is 18.7 Å². The molecule has 0 aromatic heterocycles. The fourth-order valence-electron chi connectivity index (χ4n) is 1.87. The molecule has 0 aliphatic rings. The first-order valence-electron chi connectivity index (χ1n) is 6.70. The van der Waals surface area contributed by atoms with Crippen molar-refractivity contribution in [2.24, 2.45) is 0 Å². The second-order valence-corrected chi connectivity index (χ2v) is 4.98. The zero-order valence-corrected chi connectivity index (χ0v) is 13.0. The van der Waals surface area contributed by atoms with E-state index in [4.69, 9.17) is 16.3 Å². The average molecular weight is 337 g/mol. The summed E-state index contributed by atoms with van der Waals surface area (Å²) in [6.45, 7) is -0.539. The molecular formula is C16H14ClFN2O3. The minimum absolute atomic E-state index is 0.0748. The maximum Gasteiger partial charge on any atom is 0.340 e. The zero-order valence-electron chi connectivity index (χ0n) is 12.2. The van der Waals surface area contributed by atoms with Crippen molar-refractivity contribution in [2.45, 2.75) is 0 Å². The number of para-hydroxylation sites is 1. The van der Waals surface area contributed by atoms with Crippen molar-refractivity contribution in [3.05, 3.63) is 58.9 Å². The third kappa shape index (κ3) is 4.43. The second kappa shape index (κ2) is 7.60. The van der Waals surface area contributed by atoms with Gasteiger partial charge in [-0.1, -0.05) is 23.7 Å². The SMILES string of the molecule is CNc1ccccc1C(=O)OCC(=O)Nc1cc(Cl)ccc1F. The summed E-state index contributed by atoms with van der Waals surface area (Å²) >= 11 is 5.73. The molecular weight excluding hydrogens is 323 g/mol. The maximum absolute atomic E-state index is 13.5. The summed E-state index contributed by atoms with van der Waals surface area (Å²) in [6.07, 6.45) is 0. The molecule has 0 saturated heterocycles. The highest BCUT2D eigenvalue weighted by atomic mass is 35.5. The Bertz CT molecular complexity index is 737. The molecule has 2 N–H and O–H groups in total. The van der Waals surface area contributed by atoms with E-state index in [-0.39, 0.29) is 10.7 Å². The lowest BCUT2D eigenvalue weighted by Gasteiger charge is -2.10. The first-order valence-corrected chi connectivity index (χ1v) is 7.08. The minimum atomic E-state index is -0.665. The van der Waals surface area contributed by atoms with E-state index in [0.717, 1.165) is 6.07 Å². The Labute approximate surface area is 137 Å². The van der Waals surface area contributed by atoms with Crippen molar-refractivity contribution in [3.8, 4) is 0 Å². The lowest BCUT2D eigenvalue weighted by atomic mass is 10.2. The van der Waals surface area contributed by atoms with Crippen LogP contribution in [-0.4, -0.2) is 25.5 Å². The van der Waals surface area contributed by atoms with Crippen molar-refractivity contribution in [2.75, 3.05) is 24.3 Å². The first kappa shape index (κ1) is 16.8. The van der Waals surface area contributed by atoms with E-state index in [2.05, 4.69) is 10.6 Å². The van der Waals surface area contributed by atoms with Crippen LogP contribution in [0, 0.1) is 5.82 Å². The van der Waals surface area contributed by atoms with Gasteiger partial charge in [0.2, 0.25) is 0 Å². The van der Waals surface area contributed by atoms with E-state index < -0.39 is 24.3 Å². The van der Waals surface area contributed by atoms with Crippen molar-refractivity contribution in [1.82, 2.24) is 0 Å². The fraction of sp³-hybridized carbons (Fsp3) is 0.125. The third-order valence-electron chi connectivity index (χ3n) is 2.95. The van der Waals surface area contributed by atoms with Crippen LogP contribution in [0.1, 0.15) is 10.4 Å². The Morgan fingerprint density at radius 3 is 2.65 bits per heavy atom. The molecule has 0 saturated carbocycles. The Kier molecular flexibility index (Phi) is 5.54. The molecule has 0 radical (unpaired) electrons. The van der Waals surface area contributed by atoms with E-state index in [1.54, 1.807) is 31.3 Å². The number of halogens is 2. The van der Waals surface area contributed by atoms with Crippen LogP contribution >= 0.6 is 11.6 Å². The lowest BCUT2D eigenvalue weighted by Crippen LogP contribution is -2.21. The van der Waals surface area contributed by atoms with E-state index in [1.165, 1.54) is 12.1 Å². The standard InChI is InChI=1S/C16H14ClFN2O3/c1-19-13-5-3-2-4-11(13)16(22)23-9-15(21)20-14-8-10(17)6-7-12(14)18/h2-8,19H,9H2,1H3,(H,20,21). The van der Waals surface area contributed by atoms with Gasteiger partial charge in [0, 0.05) is 17.8 Å². The normalized spacial score (nSPS) is 10.0. The van der Waals surface area contributed by atoms with E-state index in [9.17, 15) is 14.0 Å². The summed E-state index contributed by atoms with van der Waals surface area (Å²) in [7, 11) is 1.67. The number of rotatable bonds is 5. The first-order chi connectivity index (χ1) is 11.0. The van der Waals surface area contributed by atoms with Crippen LogP contribution in [0.5, 0.6) is 0 Å². The quantitative estimate of drug-likeness (QED) is 0.822. The molecule has 5 nitrogen and oxygen atoms in total. The van der Waals surface area contributed by atoms with Crippen LogP contribution in [0.15, 0.2) is 42.5 Å². The van der Waals surface area contributed by atoms with Crippen LogP contribution < -0.4 is 10.6 Å². The molecule has 23 heavy (non-hydrogen) atoms. The monoisotopic (exact) mass is 336 g/mol. The van der Waals surface area contributed by atoms with Crippen molar-refractivity contribution in [3.63, 3.8) is 0 Å². The van der Waals surface area contributed by atoms with Crippen LogP contribution in [0.4, 0.5) is 15.8 Å². The highest BCUT2D eigenvalue weighted by Gasteiger charge is 2.14. The Morgan fingerprint density at radius 2 is 1.91 bits per heavy atom. The summed E-state index contributed by atoms with van der Waals surface area (Å²) in [5.74, 6) is -1.95. The molecule has 1 amide bonds. The average Bonchev–Trinajstić information content (AvgIpc) is 2.56. The van der Waals surface area contributed by atoms with Crippen LogP contribution in [-0.2, 0) is 9.53 Å².